The summed E-state index contributed by atoms with van der Waals surface area (Å²) in [6.07, 6.45) is 0.230. The van der Waals surface area contributed by atoms with Gasteiger partial charge in [0.25, 0.3) is 0 Å². The van der Waals surface area contributed by atoms with Gasteiger partial charge in [0.05, 0.1) is 0 Å². The zero-order valence-electron chi connectivity index (χ0n) is 10.4. The summed E-state index contributed by atoms with van der Waals surface area (Å²) in [4.78, 5) is 20.6. The molecule has 0 unspecified atom stereocenters. The third kappa shape index (κ3) is 6.71. The van der Waals surface area contributed by atoms with Crippen molar-refractivity contribution < 1.29 is 81.8 Å². The minimum atomic E-state index is -1.18. The maximum atomic E-state index is 10.4. The molecule has 0 amide bonds. The van der Waals surface area contributed by atoms with Crippen LogP contribution in [0.15, 0.2) is 11.1 Å². The molecule has 0 aliphatic heterocycles. The van der Waals surface area contributed by atoms with Gasteiger partial charge in [-0.25, -0.2) is 9.59 Å². The number of carboxylic acids is 2. The summed E-state index contributed by atoms with van der Waals surface area (Å²) >= 11 is 0. The average molecular weight is 206 g/mol. The third-order valence-electron chi connectivity index (χ3n) is 1.39. The minimum Gasteiger partial charge on any atom is -1.00 e. The molecule has 0 aliphatic rings. The quantitative estimate of drug-likeness (QED) is 0.358. The second kappa shape index (κ2) is 9.24. The van der Waals surface area contributed by atoms with Gasteiger partial charge >= 0.3 is 71.1 Å². The molecular formula is C7H12Na2O4. The van der Waals surface area contributed by atoms with Crippen LogP contribution in [0, 0.1) is 0 Å². The third-order valence-corrected chi connectivity index (χ3v) is 1.39. The van der Waals surface area contributed by atoms with Crippen LogP contribution in [-0.2, 0) is 9.59 Å². The summed E-state index contributed by atoms with van der Waals surface area (Å²) in [6.45, 7) is 2.89. The Kier molecular flexibility index (Phi) is 13.7. The van der Waals surface area contributed by atoms with Crippen LogP contribution in [0.1, 0.15) is 23.1 Å². The standard InChI is InChI=1S/C7H10O4.2Na.2H/c1-3-5(7(10)11)4(2)6(8)9;;;;/h3H2,1-2H3,(H,8,9)(H,10,11);;;;/q;2*+1;2*-1/b5-4-;;;;. The first-order valence-corrected chi connectivity index (χ1v) is 3.17. The Balaban J connectivity index is -0.0000000833. The van der Waals surface area contributed by atoms with Crippen molar-refractivity contribution in [3.8, 4) is 0 Å². The van der Waals surface area contributed by atoms with Crippen LogP contribution in [0.2, 0.25) is 0 Å². The fraction of sp³-hybridized carbons (Fsp3) is 0.429. The van der Waals surface area contributed by atoms with Gasteiger partial charge in [-0.05, 0) is 13.3 Å². The Morgan fingerprint density at radius 1 is 1.15 bits per heavy atom. The van der Waals surface area contributed by atoms with E-state index >= 15 is 0 Å². The first-order valence-electron chi connectivity index (χ1n) is 3.17. The molecule has 0 saturated carbocycles. The van der Waals surface area contributed by atoms with Crippen LogP contribution in [0.4, 0.5) is 0 Å². The molecule has 0 spiro atoms. The second-order valence-corrected chi connectivity index (χ2v) is 2.07. The van der Waals surface area contributed by atoms with Gasteiger partial charge in [-0.1, -0.05) is 6.92 Å². The summed E-state index contributed by atoms with van der Waals surface area (Å²) in [6, 6.07) is 0. The molecule has 13 heavy (non-hydrogen) atoms. The molecule has 2 N–H and O–H groups in total. The van der Waals surface area contributed by atoms with E-state index in [0.717, 1.165) is 0 Å². The molecule has 6 heteroatoms. The fourth-order valence-corrected chi connectivity index (χ4v) is 0.706. The molecule has 0 bridgehead atoms. The number of aliphatic carboxylic acids is 2. The van der Waals surface area contributed by atoms with Crippen molar-refractivity contribution in [3.05, 3.63) is 11.1 Å². The fourth-order valence-electron chi connectivity index (χ4n) is 0.706. The van der Waals surface area contributed by atoms with Crippen molar-refractivity contribution in [3.63, 3.8) is 0 Å². The Hall–Kier alpha value is 0.680. The van der Waals surface area contributed by atoms with Crippen molar-refractivity contribution in [2.45, 2.75) is 20.3 Å². The summed E-state index contributed by atoms with van der Waals surface area (Å²) in [5.74, 6) is -2.34. The molecule has 0 aromatic carbocycles. The van der Waals surface area contributed by atoms with Crippen molar-refractivity contribution >= 4 is 11.9 Å². The molecule has 0 fully saturated rings. The largest absolute Gasteiger partial charge is 1.00 e. The average Bonchev–Trinajstić information content (AvgIpc) is 1.88. The van der Waals surface area contributed by atoms with Gasteiger partial charge in [0.1, 0.15) is 0 Å². The molecule has 0 rings (SSSR count). The van der Waals surface area contributed by atoms with E-state index in [0.29, 0.717) is 0 Å². The van der Waals surface area contributed by atoms with Crippen molar-refractivity contribution in [2.75, 3.05) is 0 Å². The van der Waals surface area contributed by atoms with Crippen molar-refractivity contribution in [1.29, 1.82) is 0 Å². The predicted octanol–water partition coefficient (Wildman–Crippen LogP) is -4.88. The summed E-state index contributed by atoms with van der Waals surface area (Å²) in [5, 5.41) is 16.9. The van der Waals surface area contributed by atoms with Gasteiger partial charge < -0.3 is 13.1 Å². The number of rotatable bonds is 3. The zero-order valence-corrected chi connectivity index (χ0v) is 12.4. The molecule has 0 aromatic rings. The zero-order chi connectivity index (χ0) is 9.02. The Bertz CT molecular complexity index is 231. The van der Waals surface area contributed by atoms with Crippen LogP contribution >= 0.6 is 0 Å². The first kappa shape index (κ1) is 19.3. The first-order chi connectivity index (χ1) is 5.00. The predicted molar refractivity (Wildman–Crippen MR) is 40.5 cm³/mol. The molecule has 0 heterocycles. The number of carbonyl (C=O) groups is 2. The maximum absolute atomic E-state index is 10.4. The summed E-state index contributed by atoms with van der Waals surface area (Å²) < 4.78 is 0. The SMILES string of the molecule is CC/C(C(=O)O)=C(\C)C(=O)O.[H-].[H-].[Na+].[Na+]. The van der Waals surface area contributed by atoms with Crippen LogP contribution in [0.3, 0.4) is 0 Å². The van der Waals surface area contributed by atoms with E-state index in [2.05, 4.69) is 0 Å². The maximum Gasteiger partial charge on any atom is 1.00 e. The molecule has 66 valence electrons. The van der Waals surface area contributed by atoms with Gasteiger partial charge in [-0.2, -0.15) is 0 Å². The van der Waals surface area contributed by atoms with Crippen molar-refractivity contribution in [1.82, 2.24) is 0 Å². The van der Waals surface area contributed by atoms with E-state index in [1.807, 2.05) is 0 Å². The smallest absolute Gasteiger partial charge is 1.00 e. The Morgan fingerprint density at radius 3 is 1.62 bits per heavy atom. The summed E-state index contributed by atoms with van der Waals surface area (Å²) in [5.41, 5.74) is -0.141. The van der Waals surface area contributed by atoms with Crippen LogP contribution < -0.4 is 59.1 Å². The molecule has 0 atom stereocenters. The van der Waals surface area contributed by atoms with Gasteiger partial charge in [-0.15, -0.1) is 0 Å². The van der Waals surface area contributed by atoms with E-state index in [1.54, 1.807) is 6.92 Å². The topological polar surface area (TPSA) is 74.6 Å². The number of hydrogen-bond acceptors (Lipinski definition) is 2. The molecule has 0 saturated heterocycles. The van der Waals surface area contributed by atoms with Crippen LogP contribution in [0.5, 0.6) is 0 Å². The van der Waals surface area contributed by atoms with Crippen LogP contribution in [0.25, 0.3) is 0 Å². The molecule has 4 nitrogen and oxygen atoms in total. The van der Waals surface area contributed by atoms with E-state index in [9.17, 15) is 9.59 Å². The number of hydrogen-bond donors (Lipinski definition) is 2. The molecule has 0 radical (unpaired) electrons. The Morgan fingerprint density at radius 2 is 1.54 bits per heavy atom. The summed E-state index contributed by atoms with van der Waals surface area (Å²) in [7, 11) is 0. The van der Waals surface area contributed by atoms with Gasteiger partial charge in [0.2, 0.25) is 0 Å². The van der Waals surface area contributed by atoms with E-state index in [-0.39, 0.29) is 79.5 Å². The second-order valence-electron chi connectivity index (χ2n) is 2.07. The number of carboxylic acid groups (broad SMARTS) is 2. The molecular weight excluding hydrogens is 194 g/mol. The van der Waals surface area contributed by atoms with E-state index in [4.69, 9.17) is 10.2 Å². The van der Waals surface area contributed by atoms with Gasteiger partial charge in [0, 0.05) is 11.1 Å². The van der Waals surface area contributed by atoms with Crippen LogP contribution in [-0.4, -0.2) is 22.2 Å². The normalized spacial score (nSPS) is 10.3. The van der Waals surface area contributed by atoms with Crippen molar-refractivity contribution in [2.24, 2.45) is 0 Å². The minimum absolute atomic E-state index is 0. The molecule has 0 aliphatic carbocycles. The van der Waals surface area contributed by atoms with E-state index < -0.39 is 11.9 Å². The monoisotopic (exact) mass is 206 g/mol. The molecule has 0 aromatic heterocycles. The van der Waals surface area contributed by atoms with E-state index in [1.165, 1.54) is 6.92 Å². The Labute approximate surface area is 124 Å². The van der Waals surface area contributed by atoms with Gasteiger partial charge in [-0.3, -0.25) is 0 Å². The van der Waals surface area contributed by atoms with Gasteiger partial charge in [0.15, 0.2) is 0 Å².